The van der Waals surface area contributed by atoms with Crippen LogP contribution in [0.5, 0.6) is 0 Å². The molecule has 2 heterocycles. The van der Waals surface area contributed by atoms with E-state index in [1.54, 1.807) is 27.7 Å². The van der Waals surface area contributed by atoms with Crippen molar-refractivity contribution in [1.29, 1.82) is 0 Å². The molecular weight excluding hydrogens is 1500 g/mol. The Morgan fingerprint density at radius 3 is 1.84 bits per heavy atom. The van der Waals surface area contributed by atoms with Gasteiger partial charge in [0.1, 0.15) is 59.9 Å². The second kappa shape index (κ2) is 44.5. The van der Waals surface area contributed by atoms with Gasteiger partial charge in [-0.25, -0.2) is 0 Å². The zero-order chi connectivity index (χ0) is 83.7. The Labute approximate surface area is 673 Å². The summed E-state index contributed by atoms with van der Waals surface area (Å²) in [6.45, 7) is 18.3. The van der Waals surface area contributed by atoms with E-state index >= 15 is 24.0 Å². The number of aliphatic hydroxyl groups excluding tert-OH is 1. The van der Waals surface area contributed by atoms with Crippen molar-refractivity contribution in [2.45, 2.75) is 319 Å². The predicted molar refractivity (Wildman–Crippen MR) is 428 cm³/mol. The number of hydrogen-bond acceptors (Lipinski definition) is 19. The third kappa shape index (κ3) is 29.0. The number of carbonyl (C=O) groups excluding carboxylic acids is 15. The van der Waals surface area contributed by atoms with Crippen LogP contribution in [0.2, 0.25) is 0 Å². The summed E-state index contributed by atoms with van der Waals surface area (Å²) in [5, 5.41) is 44.8. The number of primary amides is 3. The molecule has 2 aliphatic heterocycles. The van der Waals surface area contributed by atoms with E-state index in [2.05, 4.69) is 83.7 Å². The van der Waals surface area contributed by atoms with Crippen LogP contribution in [0.4, 0.5) is 0 Å². The van der Waals surface area contributed by atoms with E-state index < -0.39 is 165 Å². The van der Waals surface area contributed by atoms with Gasteiger partial charge in [0.05, 0.1) is 12.5 Å². The van der Waals surface area contributed by atoms with Crippen LogP contribution in [0.25, 0.3) is 0 Å². The van der Waals surface area contributed by atoms with Crippen molar-refractivity contribution in [3.05, 3.63) is 11.6 Å². The highest BCUT2D eigenvalue weighted by atomic mass is 33.1. The summed E-state index contributed by atoms with van der Waals surface area (Å²) in [7, 11) is 1.97. The number of hydrogen-bond donors (Lipinski definition) is 16. The fraction of sp³-hybridized carbons (Fsp3) is 0.785. The molecule has 0 aromatic rings. The smallest absolute Gasteiger partial charge is 0.246 e. The van der Waals surface area contributed by atoms with Crippen molar-refractivity contribution in [1.82, 2.24) is 63.8 Å². The molecule has 0 aromatic carbocycles. The third-order valence-corrected chi connectivity index (χ3v) is 28.2. The number of nitrogens with one attached hydrogen (secondary N) is 12. The molecule has 15 amide bonds. The molecular formula is C79H131N15O17S2. The molecule has 4 aliphatic carbocycles. The maximum atomic E-state index is 16.2. The average Bonchev–Trinajstić information content (AvgIpc) is 0.800. The molecule has 636 valence electrons. The van der Waals surface area contributed by atoms with Gasteiger partial charge in [0.15, 0.2) is 0 Å². The van der Waals surface area contributed by atoms with Crippen LogP contribution >= 0.6 is 21.6 Å². The van der Waals surface area contributed by atoms with Gasteiger partial charge in [0, 0.05) is 75.3 Å². The lowest BCUT2D eigenvalue weighted by Gasteiger charge is -2.40. The normalized spacial score (nSPS) is 28.5. The number of allylic oxidation sites excluding steroid dienone is 2. The van der Waals surface area contributed by atoms with Crippen LogP contribution in [0.15, 0.2) is 11.6 Å². The van der Waals surface area contributed by atoms with Crippen LogP contribution in [0.3, 0.4) is 0 Å². The molecule has 0 spiro atoms. The monoisotopic (exact) mass is 1630 g/mol. The highest BCUT2D eigenvalue weighted by Crippen LogP contribution is 2.48. The second-order valence-electron chi connectivity index (χ2n) is 33.7. The Kier molecular flexibility index (Phi) is 37.1. The maximum absolute atomic E-state index is 16.2. The molecule has 0 aromatic heterocycles. The first kappa shape index (κ1) is 94.3. The van der Waals surface area contributed by atoms with Crippen molar-refractivity contribution < 1.29 is 81.8 Å². The van der Waals surface area contributed by atoms with E-state index in [1.807, 2.05) is 6.92 Å². The molecule has 6 aliphatic rings. The van der Waals surface area contributed by atoms with Crippen molar-refractivity contribution in [3.63, 3.8) is 0 Å². The lowest BCUT2D eigenvalue weighted by Crippen LogP contribution is -2.66. The highest BCUT2D eigenvalue weighted by molar-refractivity contribution is 8.77. The minimum atomic E-state index is -1.83. The maximum Gasteiger partial charge on any atom is 0.246 e. The van der Waals surface area contributed by atoms with Gasteiger partial charge in [0.25, 0.3) is 0 Å². The first-order chi connectivity index (χ1) is 53.2. The summed E-state index contributed by atoms with van der Waals surface area (Å²) in [5.41, 5.74) is 17.0. The molecule has 0 radical (unpaired) electrons. The largest absolute Gasteiger partial charge is 0.391 e. The number of ether oxygens (including phenoxy) is 1. The first-order valence-electron chi connectivity index (χ1n) is 41.0. The molecule has 2 saturated heterocycles. The van der Waals surface area contributed by atoms with E-state index in [0.29, 0.717) is 76.2 Å². The van der Waals surface area contributed by atoms with Gasteiger partial charge in [-0.2, -0.15) is 0 Å². The fourth-order valence-corrected chi connectivity index (χ4v) is 19.7. The number of amides is 15. The molecule has 19 N–H and O–H groups in total. The molecule has 32 nitrogen and oxygen atoms in total. The van der Waals surface area contributed by atoms with Gasteiger partial charge in [0.2, 0.25) is 88.6 Å². The minimum absolute atomic E-state index is 0.0150. The number of rotatable bonds is 32. The quantitative estimate of drug-likeness (QED) is 0.0261. The van der Waals surface area contributed by atoms with Crippen LogP contribution in [-0.4, -0.2) is 196 Å². The van der Waals surface area contributed by atoms with Crippen molar-refractivity contribution in [3.8, 4) is 0 Å². The zero-order valence-corrected chi connectivity index (χ0v) is 69.8. The van der Waals surface area contributed by atoms with Gasteiger partial charge < -0.3 is 90.8 Å². The summed E-state index contributed by atoms with van der Waals surface area (Å²) < 4.78 is 2.72. The topological polar surface area (TPSA) is 508 Å². The predicted octanol–water partition coefficient (Wildman–Crippen LogP) is 2.43. The summed E-state index contributed by atoms with van der Waals surface area (Å²) >= 11 is 0. The number of carbonyl (C=O) groups is 15. The van der Waals surface area contributed by atoms with Crippen molar-refractivity contribution in [2.24, 2.45) is 64.5 Å². The first-order valence-corrected chi connectivity index (χ1v) is 43.1. The number of nitrogens with two attached hydrogens (primary N) is 3. The molecule has 5 fully saturated rings. The number of fused-ring (bicyclic) bond motifs is 1. The third-order valence-electron chi connectivity index (χ3n) is 24.0. The lowest BCUT2D eigenvalue weighted by molar-refractivity contribution is -0.141. The van der Waals surface area contributed by atoms with Crippen LogP contribution < -0.4 is 81.0 Å². The Morgan fingerprint density at radius 2 is 1.23 bits per heavy atom. The Balaban J connectivity index is 1.49. The van der Waals surface area contributed by atoms with Gasteiger partial charge in [-0.3, -0.25) is 71.9 Å². The number of aliphatic hydroxyl groups is 1. The molecule has 113 heavy (non-hydrogen) atoms. The standard InChI is InChI=1S/C79H131N15O17S2/c1-12-51(55-23-19-20-43(2)44(55)3)41-60-70(104)86-57(25-16-18-35-84-47(6)97)68(102)93-65(78(10,11)113-112-77(8,9)64(85-48(7)98)74(108)90-61(42-62(80)99)71(105)92-63(45(4)95)73(107)88-60)75(109)89-58(39-49-26-30-53(31-27-49)66(81)100)69(103)87-59(40-50-28-29-52-21-13-14-22-54(52)38-50)72(106)94-79(32-36-111-37-33-79)76(110)91-56(67(82)101)24-15-17-34-83-46(5)96/h38,43-45,49-53,55-61,63-65,95H,12-37,39-42H2,1-11H3,(H2,80,99)(H2,81,100)(H2,82,101)(H,83,96)(H,84,97)(H,85,98)(H,86,104)(H,87,103)(H,88,107)(H,89,109)(H,90,108)(H,91,110)(H,92,105)(H,93,102)(H,94,106)/t43?,44?,45-,49?,50?,51?,52?,53?,55?,56+,57+,58+,59+,60+,61+,63+,64-,65-/m1/s1. The van der Waals surface area contributed by atoms with Gasteiger partial charge >= 0.3 is 0 Å². The summed E-state index contributed by atoms with van der Waals surface area (Å²) in [6.07, 6.45) is 11.3. The Morgan fingerprint density at radius 1 is 0.619 bits per heavy atom. The van der Waals surface area contributed by atoms with E-state index in [-0.39, 0.29) is 113 Å². The Hall–Kier alpha value is -7.59. The minimum Gasteiger partial charge on any atom is -0.391 e. The van der Waals surface area contributed by atoms with Crippen molar-refractivity contribution in [2.75, 3.05) is 26.3 Å². The van der Waals surface area contributed by atoms with E-state index in [9.17, 15) is 53.1 Å². The summed E-state index contributed by atoms with van der Waals surface area (Å²) in [4.78, 5) is 213. The summed E-state index contributed by atoms with van der Waals surface area (Å²) in [5.74, 6) is -12.0. The fourth-order valence-electron chi connectivity index (χ4n) is 16.9. The Bertz CT molecular complexity index is 3380. The highest BCUT2D eigenvalue weighted by Gasteiger charge is 2.49. The van der Waals surface area contributed by atoms with Crippen molar-refractivity contribution >= 4 is 110 Å². The van der Waals surface area contributed by atoms with Crippen LogP contribution in [0, 0.1) is 47.3 Å². The molecule has 0 bridgehead atoms. The van der Waals surface area contributed by atoms with E-state index in [4.69, 9.17) is 21.9 Å². The second-order valence-corrected chi connectivity index (χ2v) is 37.1. The van der Waals surface area contributed by atoms with Crippen LogP contribution in [0.1, 0.15) is 243 Å². The SMILES string of the molecule is CCC(C[C@@H]1NC(=O)[C@H]([C@@H](C)O)NC(=O)[C@H](CC(N)=O)NC(=O)[C@@H](NC(C)=O)C(C)(C)SSC(C)(C)[C@@H](C(=O)N[C@@H](CC2CCC(C(N)=O)CC2)C(=O)N[C@@H](CC2C=C3CCCCC3CC2)C(=O)NC2(C(=O)N[C@@H](CCCCNC(C)=O)C(N)=O)CCOCC2)NC(=O)[C@H](CCCCNC(C)=O)NC1=O)C1CCCC(C)C1C. The van der Waals surface area contributed by atoms with E-state index in [1.165, 1.54) is 26.3 Å². The molecule has 3 saturated carbocycles. The van der Waals surface area contributed by atoms with Gasteiger partial charge in [-0.15, -0.1) is 0 Å². The molecule has 6 rings (SSSR count). The van der Waals surface area contributed by atoms with Gasteiger partial charge in [-0.05, 0) is 198 Å². The van der Waals surface area contributed by atoms with E-state index in [0.717, 1.165) is 79.9 Å². The molecule has 34 heteroatoms. The zero-order valence-electron chi connectivity index (χ0n) is 68.2. The molecule has 16 atom stereocenters. The number of unbranched alkanes of at least 4 members (excludes halogenated alkanes) is 2. The molecule has 6 unspecified atom stereocenters. The van der Waals surface area contributed by atoms with Crippen LogP contribution in [-0.2, 0) is 76.7 Å². The summed E-state index contributed by atoms with van der Waals surface area (Å²) in [6, 6.07) is -13.9. The van der Waals surface area contributed by atoms with Gasteiger partial charge in [-0.1, -0.05) is 79.7 Å². The lowest BCUT2D eigenvalue weighted by atomic mass is 9.66. The average molecular weight is 1630 g/mol.